The number of imide groups is 1. The van der Waals surface area contributed by atoms with Crippen LogP contribution in [0, 0.1) is 11.3 Å². The highest BCUT2D eigenvalue weighted by molar-refractivity contribution is 6.21. The van der Waals surface area contributed by atoms with Gasteiger partial charge >= 0.3 is 5.97 Å². The second kappa shape index (κ2) is 8.46. The number of benzene rings is 2. The van der Waals surface area contributed by atoms with Gasteiger partial charge in [0.1, 0.15) is 6.61 Å². The van der Waals surface area contributed by atoms with E-state index < -0.39 is 11.9 Å². The van der Waals surface area contributed by atoms with Crippen LogP contribution < -0.4 is 0 Å². The predicted molar refractivity (Wildman–Crippen MR) is 98.6 cm³/mol. The van der Waals surface area contributed by atoms with Crippen molar-refractivity contribution in [3.05, 3.63) is 70.3 Å². The summed E-state index contributed by atoms with van der Waals surface area (Å²) in [6.45, 7) is 0.703. The van der Waals surface area contributed by atoms with Gasteiger partial charge in [0.05, 0.1) is 28.3 Å². The Morgan fingerprint density at radius 1 is 1.11 bits per heavy atom. The summed E-state index contributed by atoms with van der Waals surface area (Å²) < 4.78 is 10.2. The van der Waals surface area contributed by atoms with Gasteiger partial charge in [-0.1, -0.05) is 12.1 Å². The number of carbonyl (C=O) groups is 3. The van der Waals surface area contributed by atoms with Crippen LogP contribution in [-0.4, -0.2) is 42.9 Å². The molecular weight excluding hydrogens is 360 g/mol. The Kier molecular flexibility index (Phi) is 5.82. The number of amides is 2. The Balaban J connectivity index is 1.70. The van der Waals surface area contributed by atoms with E-state index in [1.807, 2.05) is 6.07 Å². The van der Waals surface area contributed by atoms with Gasteiger partial charge in [-0.3, -0.25) is 14.5 Å². The number of hydrogen-bond donors (Lipinski definition) is 0. The molecule has 28 heavy (non-hydrogen) atoms. The Morgan fingerprint density at radius 3 is 2.64 bits per heavy atom. The zero-order valence-corrected chi connectivity index (χ0v) is 15.3. The summed E-state index contributed by atoms with van der Waals surface area (Å²) >= 11 is 0. The molecular formula is C21H18N2O5. The van der Waals surface area contributed by atoms with Crippen LogP contribution in [-0.2, 0) is 16.1 Å². The van der Waals surface area contributed by atoms with Gasteiger partial charge in [0, 0.05) is 20.3 Å². The van der Waals surface area contributed by atoms with Crippen LogP contribution in [0.1, 0.15) is 48.6 Å². The second-order valence-electron chi connectivity index (χ2n) is 6.26. The summed E-state index contributed by atoms with van der Waals surface area (Å²) in [5, 5.41) is 8.91. The smallest absolute Gasteiger partial charge is 0.338 e. The highest BCUT2D eigenvalue weighted by Gasteiger charge is 2.35. The summed E-state index contributed by atoms with van der Waals surface area (Å²) in [6, 6.07) is 13.1. The van der Waals surface area contributed by atoms with Crippen molar-refractivity contribution in [2.24, 2.45) is 0 Å². The van der Waals surface area contributed by atoms with Gasteiger partial charge in [-0.25, -0.2) is 4.79 Å². The Hall–Kier alpha value is -3.50. The molecule has 0 bridgehead atoms. The Morgan fingerprint density at radius 2 is 1.89 bits per heavy atom. The maximum absolute atomic E-state index is 12.5. The lowest BCUT2D eigenvalue weighted by Crippen LogP contribution is -2.31. The molecule has 0 radical (unpaired) electrons. The van der Waals surface area contributed by atoms with Crippen molar-refractivity contribution in [1.82, 2.24) is 4.90 Å². The fourth-order valence-electron chi connectivity index (χ4n) is 2.95. The highest BCUT2D eigenvalue weighted by Crippen LogP contribution is 2.24. The molecule has 1 heterocycles. The molecule has 0 aliphatic carbocycles. The number of ether oxygens (including phenoxy) is 2. The lowest BCUT2D eigenvalue weighted by atomic mass is 10.1. The number of rotatable bonds is 7. The van der Waals surface area contributed by atoms with Crippen molar-refractivity contribution in [3.8, 4) is 6.07 Å². The van der Waals surface area contributed by atoms with Crippen molar-refractivity contribution < 1.29 is 23.9 Å². The van der Waals surface area contributed by atoms with Gasteiger partial charge in [-0.05, 0) is 42.3 Å². The zero-order valence-electron chi connectivity index (χ0n) is 15.3. The van der Waals surface area contributed by atoms with E-state index in [2.05, 4.69) is 0 Å². The van der Waals surface area contributed by atoms with Crippen LogP contribution in [0.2, 0.25) is 0 Å². The highest BCUT2D eigenvalue weighted by atomic mass is 16.5. The van der Waals surface area contributed by atoms with Gasteiger partial charge in [0.15, 0.2) is 0 Å². The Labute approximate surface area is 162 Å². The van der Waals surface area contributed by atoms with Crippen LogP contribution in [0.15, 0.2) is 42.5 Å². The van der Waals surface area contributed by atoms with E-state index in [0.717, 1.165) is 4.90 Å². The first-order chi connectivity index (χ1) is 13.5. The lowest BCUT2D eigenvalue weighted by molar-refractivity contribution is 0.0472. The third-order valence-corrected chi connectivity index (χ3v) is 4.36. The first-order valence-electron chi connectivity index (χ1n) is 8.70. The summed E-state index contributed by atoms with van der Waals surface area (Å²) in [6.07, 6.45) is 0.540. The van der Waals surface area contributed by atoms with E-state index in [1.54, 1.807) is 31.4 Å². The molecule has 2 aromatic rings. The molecule has 7 heteroatoms. The number of fused-ring (bicyclic) bond motifs is 1. The van der Waals surface area contributed by atoms with Crippen molar-refractivity contribution in [2.75, 3.05) is 20.3 Å². The number of nitrogens with zero attached hydrogens (tertiary/aromatic N) is 2. The molecule has 0 N–H and O–H groups in total. The maximum Gasteiger partial charge on any atom is 0.338 e. The normalized spacial score (nSPS) is 12.6. The van der Waals surface area contributed by atoms with Crippen molar-refractivity contribution in [2.45, 2.75) is 13.0 Å². The molecule has 2 amide bonds. The van der Waals surface area contributed by atoms with Gasteiger partial charge < -0.3 is 9.47 Å². The minimum Gasteiger partial charge on any atom is -0.457 e. The molecule has 0 atom stereocenters. The molecule has 1 aliphatic rings. The number of methoxy groups -OCH3 is 1. The van der Waals surface area contributed by atoms with E-state index in [-0.39, 0.29) is 35.7 Å². The summed E-state index contributed by atoms with van der Waals surface area (Å²) in [4.78, 5) is 38.4. The van der Waals surface area contributed by atoms with Crippen molar-refractivity contribution >= 4 is 17.8 Å². The quantitative estimate of drug-likeness (QED) is 0.417. The summed E-state index contributed by atoms with van der Waals surface area (Å²) in [7, 11) is 1.55. The van der Waals surface area contributed by atoms with Crippen LogP contribution in [0.3, 0.4) is 0 Å². The van der Waals surface area contributed by atoms with E-state index >= 15 is 0 Å². The largest absolute Gasteiger partial charge is 0.457 e. The molecule has 0 fully saturated rings. The Bertz CT molecular complexity index is 977. The first kappa shape index (κ1) is 19.3. The van der Waals surface area contributed by atoms with E-state index in [9.17, 15) is 14.4 Å². The fourth-order valence-corrected chi connectivity index (χ4v) is 2.95. The molecule has 0 saturated carbocycles. The maximum atomic E-state index is 12.5. The van der Waals surface area contributed by atoms with E-state index in [0.29, 0.717) is 24.2 Å². The van der Waals surface area contributed by atoms with Crippen LogP contribution >= 0.6 is 0 Å². The molecule has 0 spiro atoms. The third-order valence-electron chi connectivity index (χ3n) is 4.36. The lowest BCUT2D eigenvalue weighted by Gasteiger charge is -2.12. The number of hydrogen-bond acceptors (Lipinski definition) is 6. The van der Waals surface area contributed by atoms with Gasteiger partial charge in [-0.2, -0.15) is 5.26 Å². The third kappa shape index (κ3) is 3.92. The zero-order chi connectivity index (χ0) is 20.1. The van der Waals surface area contributed by atoms with Crippen molar-refractivity contribution in [1.29, 1.82) is 5.26 Å². The van der Waals surface area contributed by atoms with Gasteiger partial charge in [0.25, 0.3) is 11.8 Å². The molecule has 1 aliphatic heterocycles. The SMILES string of the molecule is COCCCN1C(=O)c2ccc(C(=O)OCc3cccc(C#N)c3)cc2C1=O. The van der Waals surface area contributed by atoms with Crippen LogP contribution in [0.5, 0.6) is 0 Å². The molecule has 2 aromatic carbocycles. The van der Waals surface area contributed by atoms with E-state index in [4.69, 9.17) is 14.7 Å². The first-order valence-corrected chi connectivity index (χ1v) is 8.70. The van der Waals surface area contributed by atoms with Gasteiger partial charge in [-0.15, -0.1) is 0 Å². The fraction of sp³-hybridized carbons (Fsp3) is 0.238. The molecule has 0 aromatic heterocycles. The molecule has 0 saturated heterocycles. The van der Waals surface area contributed by atoms with Crippen LogP contribution in [0.4, 0.5) is 0 Å². The average Bonchev–Trinajstić information content (AvgIpc) is 2.96. The monoisotopic (exact) mass is 378 g/mol. The average molecular weight is 378 g/mol. The molecule has 0 unspecified atom stereocenters. The summed E-state index contributed by atoms with van der Waals surface area (Å²) in [5.74, 6) is -1.40. The number of carbonyl (C=O) groups excluding carboxylic acids is 3. The van der Waals surface area contributed by atoms with Crippen LogP contribution in [0.25, 0.3) is 0 Å². The number of nitriles is 1. The predicted octanol–water partition coefficient (Wildman–Crippen LogP) is 2.55. The standard InChI is InChI=1S/C21H18N2O5/c1-27-9-3-8-23-19(24)17-7-6-16(11-18(17)20(23)25)21(26)28-13-15-5-2-4-14(10-15)12-22/h2,4-7,10-11H,3,8-9,13H2,1H3. The molecule has 7 nitrogen and oxygen atoms in total. The topological polar surface area (TPSA) is 96.7 Å². The second-order valence-corrected chi connectivity index (χ2v) is 6.26. The number of esters is 1. The van der Waals surface area contributed by atoms with Crippen molar-refractivity contribution in [3.63, 3.8) is 0 Å². The molecule has 142 valence electrons. The minimum atomic E-state index is -0.608. The molecule has 3 rings (SSSR count). The van der Waals surface area contributed by atoms with E-state index in [1.165, 1.54) is 18.2 Å². The van der Waals surface area contributed by atoms with Gasteiger partial charge in [0.2, 0.25) is 0 Å². The summed E-state index contributed by atoms with van der Waals surface area (Å²) in [5.41, 5.74) is 1.83. The minimum absolute atomic E-state index is 0.00145.